The quantitative estimate of drug-likeness (QED) is 0.585. The Morgan fingerprint density at radius 1 is 0.906 bits per heavy atom. The number of rotatable bonds is 5. The first-order valence-electron chi connectivity index (χ1n) is 10.8. The maximum Gasteiger partial charge on any atom is 0.265 e. The molecule has 0 aliphatic carbocycles. The molecule has 0 aromatic heterocycles. The number of sulfonamides is 1. The second-order valence-electron chi connectivity index (χ2n) is 8.64. The molecule has 0 spiro atoms. The zero-order chi connectivity index (χ0) is 23.0. The van der Waals surface area contributed by atoms with E-state index in [9.17, 15) is 13.2 Å². The summed E-state index contributed by atoms with van der Waals surface area (Å²) in [4.78, 5) is 13.2. The lowest BCUT2D eigenvalue weighted by Gasteiger charge is -2.32. The molecule has 6 heteroatoms. The number of aryl methyl sites for hydroxylation is 1. The van der Waals surface area contributed by atoms with Crippen LogP contribution < -0.4 is 9.62 Å². The lowest BCUT2D eigenvalue weighted by molar-refractivity contribution is -0.120. The monoisotopic (exact) mass is 448 g/mol. The van der Waals surface area contributed by atoms with Gasteiger partial charge in [0.1, 0.15) is 6.54 Å². The van der Waals surface area contributed by atoms with Gasteiger partial charge < -0.3 is 5.32 Å². The summed E-state index contributed by atoms with van der Waals surface area (Å²) in [6, 6.07) is 20.5. The Morgan fingerprint density at radius 2 is 1.56 bits per heavy atom. The lowest BCUT2D eigenvalue weighted by Crippen LogP contribution is -2.43. The molecular weight excluding hydrogens is 420 g/mol. The summed E-state index contributed by atoms with van der Waals surface area (Å²) in [5.74, 6) is -0.0435. The van der Waals surface area contributed by atoms with Gasteiger partial charge in [0.15, 0.2) is 0 Å². The number of nitrogens with one attached hydrogen (secondary N) is 1. The Hall–Kier alpha value is -3.12. The van der Waals surface area contributed by atoms with E-state index < -0.39 is 10.0 Å². The first-order valence-corrected chi connectivity index (χ1v) is 12.2. The minimum atomic E-state index is -3.86. The molecule has 1 N–H and O–H groups in total. The third-order valence-electron chi connectivity index (χ3n) is 5.94. The molecule has 32 heavy (non-hydrogen) atoms. The normalized spacial score (nSPS) is 15.1. The van der Waals surface area contributed by atoms with E-state index in [-0.39, 0.29) is 23.4 Å². The highest BCUT2D eigenvalue weighted by atomic mass is 32.2. The Kier molecular flexibility index (Phi) is 5.82. The molecule has 1 heterocycles. The summed E-state index contributed by atoms with van der Waals surface area (Å²) in [5, 5.41) is 2.94. The molecule has 0 unspecified atom stereocenters. The zero-order valence-corrected chi connectivity index (χ0v) is 19.6. The molecule has 5 nitrogen and oxygen atoms in total. The van der Waals surface area contributed by atoms with Crippen LogP contribution in [0.3, 0.4) is 0 Å². The number of carbonyl (C=O) groups is 1. The fourth-order valence-electron chi connectivity index (χ4n) is 4.03. The first-order chi connectivity index (χ1) is 15.2. The fourth-order valence-corrected chi connectivity index (χ4v) is 5.68. The standard InChI is InChI=1S/C26H28N2O3S/c1-17(2)21-13-14-24-23(15-21)22-7-5-6-8-25(22)32(30,31)28(24)16-26(29)27-19(4)20-11-9-18(3)10-12-20/h5-15,17,19H,16H2,1-4H3,(H,27,29)/t19-/m1/s1. The second kappa shape index (κ2) is 8.43. The molecule has 0 saturated carbocycles. The SMILES string of the molecule is Cc1ccc([C@@H](C)NC(=O)CN2c3ccc(C(C)C)cc3-c3ccccc3S2(=O)=O)cc1. The molecule has 1 aliphatic rings. The number of fused-ring (bicyclic) bond motifs is 3. The van der Waals surface area contributed by atoms with Crippen LogP contribution in [0, 0.1) is 6.92 Å². The van der Waals surface area contributed by atoms with Crippen LogP contribution in [0.25, 0.3) is 11.1 Å². The maximum atomic E-state index is 13.5. The number of hydrogen-bond acceptors (Lipinski definition) is 3. The van der Waals surface area contributed by atoms with Crippen molar-refractivity contribution in [1.82, 2.24) is 5.32 Å². The molecule has 0 saturated heterocycles. The second-order valence-corrected chi connectivity index (χ2v) is 10.5. The van der Waals surface area contributed by atoms with E-state index in [1.165, 1.54) is 4.31 Å². The van der Waals surface area contributed by atoms with Crippen LogP contribution in [0.1, 0.15) is 49.4 Å². The summed E-state index contributed by atoms with van der Waals surface area (Å²) < 4.78 is 28.1. The minimum Gasteiger partial charge on any atom is -0.348 e. The highest BCUT2D eigenvalue weighted by Crippen LogP contribution is 2.43. The van der Waals surface area contributed by atoms with Crippen LogP contribution in [0.5, 0.6) is 0 Å². The molecule has 0 bridgehead atoms. The highest BCUT2D eigenvalue weighted by molar-refractivity contribution is 7.93. The number of hydrogen-bond donors (Lipinski definition) is 1. The van der Waals surface area contributed by atoms with Crippen molar-refractivity contribution in [3.8, 4) is 11.1 Å². The molecule has 4 rings (SSSR count). The van der Waals surface area contributed by atoms with Gasteiger partial charge in [-0.1, -0.05) is 67.9 Å². The van der Waals surface area contributed by atoms with E-state index in [4.69, 9.17) is 0 Å². The van der Waals surface area contributed by atoms with E-state index in [2.05, 4.69) is 19.2 Å². The first kappa shape index (κ1) is 22.1. The van der Waals surface area contributed by atoms with Crippen molar-refractivity contribution in [3.63, 3.8) is 0 Å². The zero-order valence-electron chi connectivity index (χ0n) is 18.8. The van der Waals surface area contributed by atoms with Crippen molar-refractivity contribution in [2.75, 3.05) is 10.8 Å². The van der Waals surface area contributed by atoms with Crippen LogP contribution in [0.2, 0.25) is 0 Å². The third-order valence-corrected chi connectivity index (χ3v) is 7.76. The molecule has 0 fully saturated rings. The predicted octanol–water partition coefficient (Wildman–Crippen LogP) is 5.17. The highest BCUT2D eigenvalue weighted by Gasteiger charge is 2.36. The molecule has 3 aromatic carbocycles. The van der Waals surface area contributed by atoms with Crippen LogP contribution >= 0.6 is 0 Å². The van der Waals surface area contributed by atoms with Gasteiger partial charge in [-0.2, -0.15) is 0 Å². The van der Waals surface area contributed by atoms with E-state index in [0.29, 0.717) is 17.2 Å². The lowest BCUT2D eigenvalue weighted by atomic mass is 9.95. The molecule has 0 radical (unpaired) electrons. The van der Waals surface area contributed by atoms with Gasteiger partial charge in [-0.3, -0.25) is 9.10 Å². The Labute approximate surface area is 190 Å². The summed E-state index contributed by atoms with van der Waals surface area (Å²) >= 11 is 0. The molecular formula is C26H28N2O3S. The Bertz CT molecular complexity index is 1260. The summed E-state index contributed by atoms with van der Waals surface area (Å²) in [6.07, 6.45) is 0. The smallest absolute Gasteiger partial charge is 0.265 e. The largest absolute Gasteiger partial charge is 0.348 e. The molecule has 1 amide bonds. The van der Waals surface area contributed by atoms with Gasteiger partial charge in [0.05, 0.1) is 16.6 Å². The topological polar surface area (TPSA) is 66.5 Å². The van der Waals surface area contributed by atoms with Gasteiger partial charge in [-0.05, 0) is 49.1 Å². The number of benzene rings is 3. The Balaban J connectivity index is 1.68. The van der Waals surface area contributed by atoms with Crippen molar-refractivity contribution in [3.05, 3.63) is 83.4 Å². The van der Waals surface area contributed by atoms with Crippen molar-refractivity contribution < 1.29 is 13.2 Å². The Morgan fingerprint density at radius 3 is 2.25 bits per heavy atom. The van der Waals surface area contributed by atoms with Crippen LogP contribution in [0.15, 0.2) is 71.6 Å². The third kappa shape index (κ3) is 4.02. The minimum absolute atomic E-state index is 0.229. The average Bonchev–Trinajstić information content (AvgIpc) is 2.76. The summed E-state index contributed by atoms with van der Waals surface area (Å²) in [7, 11) is -3.86. The summed E-state index contributed by atoms with van der Waals surface area (Å²) in [5.41, 5.74) is 5.28. The van der Waals surface area contributed by atoms with Crippen LogP contribution in [-0.2, 0) is 14.8 Å². The van der Waals surface area contributed by atoms with Gasteiger partial charge >= 0.3 is 0 Å². The van der Waals surface area contributed by atoms with E-state index in [1.807, 2.05) is 68.4 Å². The van der Waals surface area contributed by atoms with Gasteiger partial charge in [0.25, 0.3) is 10.0 Å². The number of nitrogens with zero attached hydrogens (tertiary/aromatic N) is 1. The molecule has 3 aromatic rings. The molecule has 1 atom stereocenters. The summed E-state index contributed by atoms with van der Waals surface area (Å²) in [6.45, 7) is 7.83. The fraction of sp³-hybridized carbons (Fsp3) is 0.269. The molecule has 1 aliphatic heterocycles. The van der Waals surface area contributed by atoms with Crippen molar-refractivity contribution in [2.45, 2.75) is 44.6 Å². The van der Waals surface area contributed by atoms with Gasteiger partial charge in [0.2, 0.25) is 5.91 Å². The predicted molar refractivity (Wildman–Crippen MR) is 128 cm³/mol. The van der Waals surface area contributed by atoms with E-state index >= 15 is 0 Å². The average molecular weight is 449 g/mol. The van der Waals surface area contributed by atoms with Crippen molar-refractivity contribution in [1.29, 1.82) is 0 Å². The van der Waals surface area contributed by atoms with Crippen LogP contribution in [-0.4, -0.2) is 20.9 Å². The van der Waals surface area contributed by atoms with E-state index in [1.54, 1.807) is 12.1 Å². The van der Waals surface area contributed by atoms with Crippen molar-refractivity contribution in [2.24, 2.45) is 0 Å². The molecule has 166 valence electrons. The van der Waals surface area contributed by atoms with Crippen LogP contribution in [0.4, 0.5) is 5.69 Å². The number of anilines is 1. The number of amides is 1. The van der Waals surface area contributed by atoms with Crippen molar-refractivity contribution >= 4 is 21.6 Å². The number of carbonyl (C=O) groups excluding carboxylic acids is 1. The van der Waals surface area contributed by atoms with Gasteiger partial charge in [0, 0.05) is 11.1 Å². The van der Waals surface area contributed by atoms with E-state index in [0.717, 1.165) is 22.3 Å². The maximum absolute atomic E-state index is 13.5. The van der Waals surface area contributed by atoms with Gasteiger partial charge in [-0.25, -0.2) is 8.42 Å². The van der Waals surface area contributed by atoms with Gasteiger partial charge in [-0.15, -0.1) is 0 Å².